The van der Waals surface area contributed by atoms with Crippen molar-refractivity contribution in [3.63, 3.8) is 0 Å². The van der Waals surface area contributed by atoms with Crippen molar-refractivity contribution in [1.82, 2.24) is 10.3 Å². The molecule has 3 rings (SSSR count). The average Bonchev–Trinajstić information content (AvgIpc) is 3.19. The van der Waals surface area contributed by atoms with E-state index in [4.69, 9.17) is 9.47 Å². The number of carbonyl (C=O) groups is 2. The van der Waals surface area contributed by atoms with Crippen molar-refractivity contribution in [3.05, 3.63) is 58.6 Å². The first-order valence-electron chi connectivity index (χ1n) is 10.3. The summed E-state index contributed by atoms with van der Waals surface area (Å²) in [6, 6.07) is 13.0. The Bertz CT molecular complexity index is 1110. The van der Waals surface area contributed by atoms with Gasteiger partial charge in [-0.15, -0.1) is 11.3 Å². The van der Waals surface area contributed by atoms with Crippen LogP contribution in [0.15, 0.2) is 42.5 Å². The Balaban J connectivity index is 1.69. The highest BCUT2D eigenvalue weighted by Gasteiger charge is 2.17. The van der Waals surface area contributed by atoms with Gasteiger partial charge in [0.15, 0.2) is 11.5 Å². The largest absolute Gasteiger partial charge is 0.493 e. The summed E-state index contributed by atoms with van der Waals surface area (Å²) in [5, 5.41) is 6.54. The number of aryl methyl sites for hydroxylation is 1. The number of methoxy groups -OCH3 is 2. The molecule has 0 saturated heterocycles. The van der Waals surface area contributed by atoms with Crippen LogP contribution in [0.1, 0.15) is 40.7 Å². The van der Waals surface area contributed by atoms with Crippen molar-refractivity contribution < 1.29 is 19.1 Å². The number of anilines is 1. The monoisotopic (exact) mass is 453 g/mol. The number of carbonyl (C=O) groups excluding carboxylic acids is 2. The molecule has 2 N–H and O–H groups in total. The van der Waals surface area contributed by atoms with Gasteiger partial charge >= 0.3 is 0 Å². The van der Waals surface area contributed by atoms with Crippen molar-refractivity contribution in [2.45, 2.75) is 33.2 Å². The molecule has 0 unspecified atom stereocenters. The molecule has 0 aliphatic rings. The lowest BCUT2D eigenvalue weighted by molar-refractivity contribution is -0.116. The van der Waals surface area contributed by atoms with Gasteiger partial charge in [0, 0.05) is 24.2 Å². The first-order chi connectivity index (χ1) is 15.4. The van der Waals surface area contributed by atoms with Crippen LogP contribution in [0.4, 0.5) is 5.69 Å². The maximum atomic E-state index is 12.8. The van der Waals surface area contributed by atoms with Gasteiger partial charge in [0.2, 0.25) is 5.91 Å². The van der Waals surface area contributed by atoms with E-state index >= 15 is 0 Å². The van der Waals surface area contributed by atoms with Gasteiger partial charge in [-0.25, -0.2) is 4.98 Å². The minimum atomic E-state index is -0.188. The molecule has 0 bridgehead atoms. The molecule has 1 heterocycles. The fourth-order valence-corrected chi connectivity index (χ4v) is 4.15. The maximum absolute atomic E-state index is 12.8. The molecule has 8 heteroatoms. The van der Waals surface area contributed by atoms with E-state index in [-0.39, 0.29) is 11.8 Å². The third-order valence-electron chi connectivity index (χ3n) is 4.77. The van der Waals surface area contributed by atoms with Crippen molar-refractivity contribution in [3.8, 4) is 22.1 Å². The van der Waals surface area contributed by atoms with Crippen LogP contribution in [-0.2, 0) is 11.3 Å². The van der Waals surface area contributed by atoms with E-state index in [0.29, 0.717) is 35.0 Å². The molecule has 7 nitrogen and oxygen atoms in total. The lowest BCUT2D eigenvalue weighted by Gasteiger charge is -2.08. The van der Waals surface area contributed by atoms with Crippen LogP contribution < -0.4 is 20.1 Å². The lowest BCUT2D eigenvalue weighted by Crippen LogP contribution is -2.22. The normalized spacial score (nSPS) is 10.5. The van der Waals surface area contributed by atoms with Crippen LogP contribution in [-0.4, -0.2) is 31.0 Å². The molecule has 2 aromatic carbocycles. The molecule has 0 radical (unpaired) electrons. The van der Waals surface area contributed by atoms with Crippen LogP contribution in [0, 0.1) is 6.92 Å². The Morgan fingerprint density at radius 3 is 2.56 bits per heavy atom. The number of benzene rings is 2. The summed E-state index contributed by atoms with van der Waals surface area (Å²) >= 11 is 1.33. The lowest BCUT2D eigenvalue weighted by atomic mass is 10.2. The Morgan fingerprint density at radius 1 is 1.06 bits per heavy atom. The molecular weight excluding hydrogens is 426 g/mol. The Kier molecular flexibility index (Phi) is 7.83. The van der Waals surface area contributed by atoms with Crippen molar-refractivity contribution >= 4 is 28.8 Å². The molecule has 32 heavy (non-hydrogen) atoms. The van der Waals surface area contributed by atoms with Crippen LogP contribution in [0.3, 0.4) is 0 Å². The van der Waals surface area contributed by atoms with Gasteiger partial charge in [0.1, 0.15) is 9.88 Å². The zero-order chi connectivity index (χ0) is 23.1. The van der Waals surface area contributed by atoms with E-state index in [1.807, 2.05) is 56.3 Å². The standard InChI is InChI=1S/C24H27N3O4S/c1-5-7-21(28)27-18-9-6-8-16(12-18)14-25-23(29)22-15(2)26-24(32-22)17-10-11-19(30-3)20(13-17)31-4/h6,8-13H,5,7,14H2,1-4H3,(H,25,29)(H,27,28). The molecule has 0 atom stereocenters. The molecule has 0 aliphatic carbocycles. The minimum absolute atomic E-state index is 0.0170. The highest BCUT2D eigenvalue weighted by Crippen LogP contribution is 2.35. The summed E-state index contributed by atoms with van der Waals surface area (Å²) in [6.45, 7) is 4.13. The third kappa shape index (κ3) is 5.64. The van der Waals surface area contributed by atoms with Gasteiger partial charge in [-0.1, -0.05) is 19.1 Å². The zero-order valence-electron chi connectivity index (χ0n) is 18.7. The number of hydrogen-bond donors (Lipinski definition) is 2. The highest BCUT2D eigenvalue weighted by atomic mass is 32.1. The quantitative estimate of drug-likeness (QED) is 0.486. The van der Waals surface area contributed by atoms with E-state index in [1.54, 1.807) is 14.2 Å². The maximum Gasteiger partial charge on any atom is 0.263 e. The second kappa shape index (κ2) is 10.8. The van der Waals surface area contributed by atoms with E-state index in [2.05, 4.69) is 15.6 Å². The number of aromatic nitrogens is 1. The van der Waals surface area contributed by atoms with E-state index in [0.717, 1.165) is 28.2 Å². The topological polar surface area (TPSA) is 89.6 Å². The number of rotatable bonds is 9. The molecule has 0 fully saturated rings. The van der Waals surface area contributed by atoms with E-state index in [1.165, 1.54) is 11.3 Å². The smallest absolute Gasteiger partial charge is 0.263 e. The molecule has 168 valence electrons. The predicted molar refractivity (Wildman–Crippen MR) is 127 cm³/mol. The number of nitrogens with zero attached hydrogens (tertiary/aromatic N) is 1. The molecule has 0 spiro atoms. The summed E-state index contributed by atoms with van der Waals surface area (Å²) in [5.74, 6) is 1.04. The molecule has 1 aromatic heterocycles. The number of ether oxygens (including phenoxy) is 2. The van der Waals surface area contributed by atoms with Crippen molar-refractivity contribution in [2.75, 3.05) is 19.5 Å². The summed E-state index contributed by atoms with van der Waals surface area (Å²) < 4.78 is 10.6. The van der Waals surface area contributed by atoms with Crippen molar-refractivity contribution in [2.24, 2.45) is 0 Å². The Labute approximate surface area is 191 Å². The first kappa shape index (κ1) is 23.3. The second-order valence-electron chi connectivity index (χ2n) is 7.18. The van der Waals surface area contributed by atoms with Crippen LogP contribution in [0.2, 0.25) is 0 Å². The van der Waals surface area contributed by atoms with Gasteiger partial charge in [0.05, 0.1) is 19.9 Å². The van der Waals surface area contributed by atoms with Gasteiger partial charge in [-0.05, 0) is 49.2 Å². The summed E-state index contributed by atoms with van der Waals surface area (Å²) in [6.07, 6.45) is 1.27. The second-order valence-corrected chi connectivity index (χ2v) is 8.18. The molecule has 3 aromatic rings. The van der Waals surface area contributed by atoms with E-state index < -0.39 is 0 Å². The predicted octanol–water partition coefficient (Wildman–Crippen LogP) is 4.80. The van der Waals surface area contributed by atoms with Gasteiger partial charge in [-0.3, -0.25) is 9.59 Å². The van der Waals surface area contributed by atoms with Crippen LogP contribution in [0.25, 0.3) is 10.6 Å². The van der Waals surface area contributed by atoms with Gasteiger partial charge in [0.25, 0.3) is 5.91 Å². The van der Waals surface area contributed by atoms with Gasteiger partial charge in [-0.2, -0.15) is 0 Å². The number of amides is 2. The van der Waals surface area contributed by atoms with E-state index in [9.17, 15) is 9.59 Å². The van der Waals surface area contributed by atoms with Crippen LogP contribution >= 0.6 is 11.3 Å². The fraction of sp³-hybridized carbons (Fsp3) is 0.292. The minimum Gasteiger partial charge on any atom is -0.493 e. The first-order valence-corrected chi connectivity index (χ1v) is 11.1. The summed E-state index contributed by atoms with van der Waals surface area (Å²) in [4.78, 5) is 29.7. The molecule has 0 aliphatic heterocycles. The summed E-state index contributed by atoms with van der Waals surface area (Å²) in [5.41, 5.74) is 3.14. The average molecular weight is 454 g/mol. The Morgan fingerprint density at radius 2 is 1.84 bits per heavy atom. The number of nitrogens with one attached hydrogen (secondary N) is 2. The number of hydrogen-bond acceptors (Lipinski definition) is 6. The molecule has 0 saturated carbocycles. The molecular formula is C24H27N3O4S. The highest BCUT2D eigenvalue weighted by molar-refractivity contribution is 7.17. The summed E-state index contributed by atoms with van der Waals surface area (Å²) in [7, 11) is 3.17. The third-order valence-corrected chi connectivity index (χ3v) is 5.98. The Hall–Kier alpha value is -3.39. The SMILES string of the molecule is CCCC(=O)Nc1cccc(CNC(=O)c2sc(-c3ccc(OC)c(OC)c3)nc2C)c1. The fourth-order valence-electron chi connectivity index (χ4n) is 3.17. The molecule has 2 amide bonds. The van der Waals surface area contributed by atoms with Gasteiger partial charge < -0.3 is 20.1 Å². The number of thiazole rings is 1. The zero-order valence-corrected chi connectivity index (χ0v) is 19.5. The van der Waals surface area contributed by atoms with Crippen molar-refractivity contribution in [1.29, 1.82) is 0 Å². The van der Waals surface area contributed by atoms with Crippen LogP contribution in [0.5, 0.6) is 11.5 Å².